The van der Waals surface area contributed by atoms with Crippen LogP contribution < -0.4 is 16.4 Å². The van der Waals surface area contributed by atoms with E-state index in [4.69, 9.17) is 10.7 Å². The predicted octanol–water partition coefficient (Wildman–Crippen LogP) is 4.75. The number of fused-ring (bicyclic) bond motifs is 1. The van der Waals surface area contributed by atoms with Crippen LogP contribution in [0.2, 0.25) is 0 Å². The third-order valence-corrected chi connectivity index (χ3v) is 6.42. The molecule has 4 aromatic rings. The SMILES string of the molecule is NC1CCC(NC(=O)c2ccn3c(NCc4ccccc4)c(-c4ccc(F)cc4)nc3c2)CC1. The van der Waals surface area contributed by atoms with Gasteiger partial charge in [-0.2, -0.15) is 0 Å². The van der Waals surface area contributed by atoms with E-state index < -0.39 is 0 Å². The van der Waals surface area contributed by atoms with E-state index in [1.807, 2.05) is 40.9 Å². The number of imidazole rings is 1. The van der Waals surface area contributed by atoms with Gasteiger partial charge in [0.1, 0.15) is 23.0 Å². The first-order chi connectivity index (χ1) is 16.6. The number of nitrogens with zero attached hydrogens (tertiary/aromatic N) is 2. The van der Waals surface area contributed by atoms with E-state index in [1.54, 1.807) is 24.3 Å². The molecule has 4 N–H and O–H groups in total. The maximum atomic E-state index is 13.5. The van der Waals surface area contributed by atoms with Crippen molar-refractivity contribution in [2.75, 3.05) is 5.32 Å². The van der Waals surface area contributed by atoms with Crippen LogP contribution in [0.3, 0.4) is 0 Å². The molecular formula is C27H28FN5O. The Morgan fingerprint density at radius 2 is 1.76 bits per heavy atom. The predicted molar refractivity (Wildman–Crippen MR) is 132 cm³/mol. The molecular weight excluding hydrogens is 429 g/mol. The van der Waals surface area contributed by atoms with Gasteiger partial charge in [-0.1, -0.05) is 30.3 Å². The highest BCUT2D eigenvalue weighted by Gasteiger charge is 2.21. The van der Waals surface area contributed by atoms with E-state index in [2.05, 4.69) is 10.6 Å². The molecule has 1 aliphatic rings. The fraction of sp³-hybridized carbons (Fsp3) is 0.259. The highest BCUT2D eigenvalue weighted by molar-refractivity contribution is 5.95. The van der Waals surface area contributed by atoms with Crippen molar-refractivity contribution in [3.8, 4) is 11.3 Å². The van der Waals surface area contributed by atoms with Gasteiger partial charge in [-0.3, -0.25) is 9.20 Å². The molecule has 2 heterocycles. The van der Waals surface area contributed by atoms with Crippen LogP contribution in [0.5, 0.6) is 0 Å². The smallest absolute Gasteiger partial charge is 0.251 e. The highest BCUT2D eigenvalue weighted by Crippen LogP contribution is 2.30. The molecule has 7 heteroatoms. The Morgan fingerprint density at radius 1 is 1.03 bits per heavy atom. The van der Waals surface area contributed by atoms with Gasteiger partial charge in [0.05, 0.1) is 0 Å². The molecule has 0 radical (unpaired) electrons. The number of anilines is 1. The second-order valence-electron chi connectivity index (χ2n) is 8.88. The largest absolute Gasteiger partial charge is 0.365 e. The van der Waals surface area contributed by atoms with Crippen molar-refractivity contribution in [3.05, 3.63) is 89.9 Å². The summed E-state index contributed by atoms with van der Waals surface area (Å²) in [5, 5.41) is 6.62. The molecule has 0 spiro atoms. The molecule has 2 aromatic heterocycles. The lowest BCUT2D eigenvalue weighted by atomic mass is 9.91. The van der Waals surface area contributed by atoms with Crippen LogP contribution in [0.1, 0.15) is 41.6 Å². The minimum absolute atomic E-state index is 0.104. The number of carbonyl (C=O) groups excluding carboxylic acids is 1. The number of carbonyl (C=O) groups is 1. The van der Waals surface area contributed by atoms with Crippen LogP contribution in [-0.4, -0.2) is 27.4 Å². The van der Waals surface area contributed by atoms with Crippen LogP contribution in [0.15, 0.2) is 72.9 Å². The average molecular weight is 458 g/mol. The molecule has 2 aromatic carbocycles. The summed E-state index contributed by atoms with van der Waals surface area (Å²) in [4.78, 5) is 17.7. The molecule has 0 atom stereocenters. The van der Waals surface area contributed by atoms with Crippen molar-refractivity contribution < 1.29 is 9.18 Å². The van der Waals surface area contributed by atoms with E-state index in [0.717, 1.165) is 42.6 Å². The fourth-order valence-electron chi connectivity index (χ4n) is 4.48. The van der Waals surface area contributed by atoms with Crippen molar-refractivity contribution >= 4 is 17.4 Å². The normalized spacial score (nSPS) is 18.1. The molecule has 1 saturated carbocycles. The number of pyridine rings is 1. The number of rotatable bonds is 6. The zero-order valence-electron chi connectivity index (χ0n) is 18.9. The van der Waals surface area contributed by atoms with Gasteiger partial charge in [-0.05, 0) is 67.6 Å². The summed E-state index contributed by atoms with van der Waals surface area (Å²) in [5.74, 6) is 0.390. The molecule has 34 heavy (non-hydrogen) atoms. The molecule has 6 nitrogen and oxygen atoms in total. The first-order valence-electron chi connectivity index (χ1n) is 11.7. The van der Waals surface area contributed by atoms with E-state index in [0.29, 0.717) is 23.4 Å². The van der Waals surface area contributed by atoms with Gasteiger partial charge in [0, 0.05) is 36.0 Å². The zero-order chi connectivity index (χ0) is 23.5. The lowest BCUT2D eigenvalue weighted by molar-refractivity contribution is 0.0926. The molecule has 0 bridgehead atoms. The summed E-state index contributed by atoms with van der Waals surface area (Å²) in [5.41, 5.74) is 9.82. The summed E-state index contributed by atoms with van der Waals surface area (Å²) >= 11 is 0. The van der Waals surface area contributed by atoms with Crippen LogP contribution in [0.4, 0.5) is 10.2 Å². The third-order valence-electron chi connectivity index (χ3n) is 6.42. The van der Waals surface area contributed by atoms with Crippen molar-refractivity contribution in [3.63, 3.8) is 0 Å². The van der Waals surface area contributed by atoms with Crippen molar-refractivity contribution in [1.82, 2.24) is 14.7 Å². The van der Waals surface area contributed by atoms with Crippen molar-refractivity contribution in [2.45, 2.75) is 44.3 Å². The number of hydrogen-bond donors (Lipinski definition) is 3. The maximum Gasteiger partial charge on any atom is 0.251 e. The molecule has 1 amide bonds. The Hall–Kier alpha value is -3.71. The summed E-state index contributed by atoms with van der Waals surface area (Å²) in [7, 11) is 0. The number of aromatic nitrogens is 2. The molecule has 0 aliphatic heterocycles. The number of hydrogen-bond acceptors (Lipinski definition) is 4. The van der Waals surface area contributed by atoms with Crippen LogP contribution >= 0.6 is 0 Å². The number of benzene rings is 2. The minimum Gasteiger partial charge on any atom is -0.365 e. The van der Waals surface area contributed by atoms with Gasteiger partial charge in [0.25, 0.3) is 5.91 Å². The van der Waals surface area contributed by atoms with E-state index in [1.165, 1.54) is 12.1 Å². The average Bonchev–Trinajstić information content (AvgIpc) is 3.23. The monoisotopic (exact) mass is 457 g/mol. The summed E-state index contributed by atoms with van der Waals surface area (Å²) < 4.78 is 15.5. The van der Waals surface area contributed by atoms with Crippen LogP contribution in [0, 0.1) is 5.82 Å². The third kappa shape index (κ3) is 4.79. The lowest BCUT2D eigenvalue weighted by Crippen LogP contribution is -2.40. The van der Waals surface area contributed by atoms with Gasteiger partial charge in [-0.25, -0.2) is 9.37 Å². The molecule has 174 valence electrons. The number of nitrogens with two attached hydrogens (primary N) is 1. The number of amides is 1. The molecule has 1 aliphatic carbocycles. The Labute approximate surface area is 198 Å². The van der Waals surface area contributed by atoms with Crippen LogP contribution in [0.25, 0.3) is 16.9 Å². The quantitative estimate of drug-likeness (QED) is 0.390. The Balaban J connectivity index is 1.45. The number of nitrogens with one attached hydrogen (secondary N) is 2. The van der Waals surface area contributed by atoms with Gasteiger partial charge < -0.3 is 16.4 Å². The Kier molecular flexibility index (Phi) is 6.27. The Morgan fingerprint density at radius 3 is 2.50 bits per heavy atom. The van der Waals surface area contributed by atoms with Gasteiger partial charge in [-0.15, -0.1) is 0 Å². The second-order valence-corrected chi connectivity index (χ2v) is 8.88. The standard InChI is InChI=1S/C27H28FN5O/c28-21-8-6-19(7-9-21)25-26(30-17-18-4-2-1-3-5-18)33-15-14-20(16-24(33)32-25)27(34)31-23-12-10-22(29)11-13-23/h1-9,14-16,22-23,30H,10-13,17,29H2,(H,31,34). The summed E-state index contributed by atoms with van der Waals surface area (Å²) in [6.45, 7) is 0.606. The maximum absolute atomic E-state index is 13.5. The topological polar surface area (TPSA) is 84.5 Å². The van der Waals surface area contributed by atoms with Gasteiger partial charge in [0.2, 0.25) is 0 Å². The lowest BCUT2D eigenvalue weighted by Gasteiger charge is -2.26. The highest BCUT2D eigenvalue weighted by atomic mass is 19.1. The van der Waals surface area contributed by atoms with Crippen molar-refractivity contribution in [2.24, 2.45) is 5.73 Å². The van der Waals surface area contributed by atoms with E-state index in [9.17, 15) is 9.18 Å². The molecule has 5 rings (SSSR count). The van der Waals surface area contributed by atoms with Crippen molar-refractivity contribution in [1.29, 1.82) is 0 Å². The van der Waals surface area contributed by atoms with Gasteiger partial charge in [0.15, 0.2) is 0 Å². The van der Waals surface area contributed by atoms with E-state index >= 15 is 0 Å². The first-order valence-corrected chi connectivity index (χ1v) is 11.7. The molecule has 1 fully saturated rings. The Bertz CT molecular complexity index is 1280. The first kappa shape index (κ1) is 22.1. The second kappa shape index (κ2) is 9.65. The fourth-order valence-corrected chi connectivity index (χ4v) is 4.48. The molecule has 0 saturated heterocycles. The minimum atomic E-state index is -0.297. The zero-order valence-corrected chi connectivity index (χ0v) is 18.9. The summed E-state index contributed by atoms with van der Waals surface area (Å²) in [6.07, 6.45) is 5.53. The van der Waals surface area contributed by atoms with E-state index in [-0.39, 0.29) is 23.8 Å². The number of halogens is 1. The van der Waals surface area contributed by atoms with Gasteiger partial charge >= 0.3 is 0 Å². The summed E-state index contributed by atoms with van der Waals surface area (Å²) in [6, 6.07) is 20.4. The molecule has 0 unspecified atom stereocenters. The van der Waals surface area contributed by atoms with Crippen LogP contribution in [-0.2, 0) is 6.54 Å².